The highest BCUT2D eigenvalue weighted by molar-refractivity contribution is 6.31. The number of aryl methyl sites for hydroxylation is 2. The molecule has 1 unspecified atom stereocenters. The van der Waals surface area contributed by atoms with E-state index in [-0.39, 0.29) is 0 Å². The predicted octanol–water partition coefficient (Wildman–Crippen LogP) is 2.36. The number of morpholine rings is 1. The van der Waals surface area contributed by atoms with Crippen LogP contribution < -0.4 is 4.90 Å². The zero-order valence-corrected chi connectivity index (χ0v) is 11.3. The lowest BCUT2D eigenvalue weighted by molar-refractivity contribution is 0.0925. The molecule has 1 aliphatic rings. The summed E-state index contributed by atoms with van der Waals surface area (Å²) in [6, 6.07) is 0.345. The molecule has 1 fully saturated rings. The van der Waals surface area contributed by atoms with Gasteiger partial charge in [-0.15, -0.1) is 0 Å². The quantitative estimate of drug-likeness (QED) is 0.813. The van der Waals surface area contributed by atoms with Crippen LogP contribution in [0.2, 0.25) is 5.15 Å². The molecule has 1 saturated heterocycles. The van der Waals surface area contributed by atoms with E-state index in [1.807, 2.05) is 13.8 Å². The standard InChI is InChI=1S/C12H18ClN3O/c1-4-10-7-17-6-5-16(10)12-11(13)14-8(2)9(3)15-12/h10H,4-7H2,1-3H3. The van der Waals surface area contributed by atoms with Gasteiger partial charge >= 0.3 is 0 Å². The van der Waals surface area contributed by atoms with Crippen LogP contribution in [0.4, 0.5) is 5.82 Å². The van der Waals surface area contributed by atoms with Gasteiger partial charge in [-0.25, -0.2) is 9.97 Å². The molecule has 1 aromatic heterocycles. The first-order chi connectivity index (χ1) is 8.13. The summed E-state index contributed by atoms with van der Waals surface area (Å²) in [7, 11) is 0. The van der Waals surface area contributed by atoms with E-state index in [1.54, 1.807) is 0 Å². The molecule has 0 radical (unpaired) electrons. The van der Waals surface area contributed by atoms with Crippen molar-refractivity contribution < 1.29 is 4.74 Å². The highest BCUT2D eigenvalue weighted by atomic mass is 35.5. The van der Waals surface area contributed by atoms with Crippen molar-refractivity contribution in [2.45, 2.75) is 33.2 Å². The van der Waals surface area contributed by atoms with Crippen LogP contribution in [0.15, 0.2) is 0 Å². The topological polar surface area (TPSA) is 38.2 Å². The Labute approximate surface area is 107 Å². The van der Waals surface area contributed by atoms with Crippen molar-refractivity contribution in [1.29, 1.82) is 0 Å². The monoisotopic (exact) mass is 255 g/mol. The van der Waals surface area contributed by atoms with Crippen molar-refractivity contribution in [3.05, 3.63) is 16.5 Å². The molecule has 1 aromatic rings. The Morgan fingerprint density at radius 3 is 2.76 bits per heavy atom. The van der Waals surface area contributed by atoms with E-state index in [1.165, 1.54) is 0 Å². The number of anilines is 1. The van der Waals surface area contributed by atoms with Gasteiger partial charge in [-0.3, -0.25) is 0 Å². The summed E-state index contributed by atoms with van der Waals surface area (Å²) in [5, 5.41) is 0.494. The van der Waals surface area contributed by atoms with Crippen LogP contribution in [-0.2, 0) is 4.74 Å². The van der Waals surface area contributed by atoms with Crippen LogP contribution in [0.5, 0.6) is 0 Å². The van der Waals surface area contributed by atoms with Crippen LogP contribution in [-0.4, -0.2) is 35.8 Å². The van der Waals surface area contributed by atoms with Crippen molar-refractivity contribution in [2.75, 3.05) is 24.7 Å². The Hall–Kier alpha value is -0.870. The van der Waals surface area contributed by atoms with Crippen LogP contribution >= 0.6 is 11.6 Å². The lowest BCUT2D eigenvalue weighted by Crippen LogP contribution is -2.46. The first-order valence-corrected chi connectivity index (χ1v) is 6.36. The Kier molecular flexibility index (Phi) is 3.84. The molecule has 4 nitrogen and oxygen atoms in total. The largest absolute Gasteiger partial charge is 0.377 e. The number of ether oxygens (including phenoxy) is 1. The third kappa shape index (κ3) is 2.53. The van der Waals surface area contributed by atoms with E-state index in [9.17, 15) is 0 Å². The van der Waals surface area contributed by atoms with Crippen molar-refractivity contribution >= 4 is 17.4 Å². The normalized spacial score (nSPS) is 20.7. The Morgan fingerprint density at radius 2 is 2.06 bits per heavy atom. The summed E-state index contributed by atoms with van der Waals surface area (Å²) in [4.78, 5) is 11.1. The molecule has 0 spiro atoms. The number of hydrogen-bond donors (Lipinski definition) is 0. The molecule has 0 bridgehead atoms. The van der Waals surface area contributed by atoms with Gasteiger partial charge in [0.25, 0.3) is 0 Å². The molecule has 0 amide bonds. The molecule has 94 valence electrons. The highest BCUT2D eigenvalue weighted by Gasteiger charge is 2.25. The maximum absolute atomic E-state index is 6.20. The summed E-state index contributed by atoms with van der Waals surface area (Å²) < 4.78 is 5.49. The van der Waals surface area contributed by atoms with Gasteiger partial charge in [-0.1, -0.05) is 18.5 Å². The fraction of sp³-hybridized carbons (Fsp3) is 0.667. The number of halogens is 1. The van der Waals surface area contributed by atoms with Gasteiger partial charge in [-0.05, 0) is 20.3 Å². The van der Waals surface area contributed by atoms with Gasteiger partial charge in [0.2, 0.25) is 0 Å². The molecule has 2 rings (SSSR count). The van der Waals surface area contributed by atoms with Crippen LogP contribution in [0.25, 0.3) is 0 Å². The zero-order chi connectivity index (χ0) is 12.4. The van der Waals surface area contributed by atoms with Crippen molar-refractivity contribution in [3.8, 4) is 0 Å². The minimum atomic E-state index is 0.345. The van der Waals surface area contributed by atoms with Gasteiger partial charge in [-0.2, -0.15) is 0 Å². The molecule has 0 aliphatic carbocycles. The summed E-state index contributed by atoms with van der Waals surface area (Å²) in [5.41, 5.74) is 1.82. The van der Waals surface area contributed by atoms with Gasteiger partial charge in [0, 0.05) is 6.54 Å². The second-order valence-corrected chi connectivity index (χ2v) is 4.70. The van der Waals surface area contributed by atoms with Crippen LogP contribution in [0.1, 0.15) is 24.7 Å². The van der Waals surface area contributed by atoms with Gasteiger partial charge < -0.3 is 9.64 Å². The molecule has 0 N–H and O–H groups in total. The molecular weight excluding hydrogens is 238 g/mol. The van der Waals surface area contributed by atoms with Crippen molar-refractivity contribution in [1.82, 2.24) is 9.97 Å². The lowest BCUT2D eigenvalue weighted by atomic mass is 10.2. The summed E-state index contributed by atoms with van der Waals surface area (Å²) >= 11 is 6.20. The summed E-state index contributed by atoms with van der Waals surface area (Å²) in [5.74, 6) is 0.796. The maximum atomic E-state index is 6.20. The Bertz CT molecular complexity index is 411. The molecule has 0 aromatic carbocycles. The van der Waals surface area contributed by atoms with Gasteiger partial charge in [0.1, 0.15) is 0 Å². The van der Waals surface area contributed by atoms with Crippen LogP contribution in [0, 0.1) is 13.8 Å². The Morgan fingerprint density at radius 1 is 1.35 bits per heavy atom. The van der Waals surface area contributed by atoms with E-state index in [0.29, 0.717) is 11.2 Å². The first-order valence-electron chi connectivity index (χ1n) is 5.98. The molecule has 1 atom stereocenters. The summed E-state index contributed by atoms with van der Waals surface area (Å²) in [6.45, 7) is 8.32. The molecule has 0 saturated carbocycles. The smallest absolute Gasteiger partial charge is 0.171 e. The third-order valence-corrected chi connectivity index (χ3v) is 3.47. The minimum Gasteiger partial charge on any atom is -0.377 e. The fourth-order valence-electron chi connectivity index (χ4n) is 2.02. The maximum Gasteiger partial charge on any atom is 0.171 e. The number of nitrogens with zero attached hydrogens (tertiary/aromatic N) is 3. The van der Waals surface area contributed by atoms with Gasteiger partial charge in [0.15, 0.2) is 11.0 Å². The highest BCUT2D eigenvalue weighted by Crippen LogP contribution is 2.26. The first kappa shape index (κ1) is 12.6. The average molecular weight is 256 g/mol. The van der Waals surface area contributed by atoms with E-state index in [0.717, 1.165) is 43.4 Å². The van der Waals surface area contributed by atoms with E-state index >= 15 is 0 Å². The summed E-state index contributed by atoms with van der Waals surface area (Å²) in [6.07, 6.45) is 1.02. The molecule has 1 aliphatic heterocycles. The zero-order valence-electron chi connectivity index (χ0n) is 10.5. The van der Waals surface area contributed by atoms with Gasteiger partial charge in [0.05, 0.1) is 30.6 Å². The Balaban J connectivity index is 2.34. The molecule has 5 heteroatoms. The third-order valence-electron chi connectivity index (χ3n) is 3.22. The van der Waals surface area contributed by atoms with E-state index < -0.39 is 0 Å². The number of aromatic nitrogens is 2. The SMILES string of the molecule is CCC1COCCN1c1nc(C)c(C)nc1Cl. The predicted molar refractivity (Wildman–Crippen MR) is 68.8 cm³/mol. The molecule has 2 heterocycles. The fourth-order valence-corrected chi connectivity index (χ4v) is 2.30. The van der Waals surface area contributed by atoms with Crippen molar-refractivity contribution in [2.24, 2.45) is 0 Å². The number of rotatable bonds is 2. The van der Waals surface area contributed by atoms with Crippen molar-refractivity contribution in [3.63, 3.8) is 0 Å². The minimum absolute atomic E-state index is 0.345. The lowest BCUT2D eigenvalue weighted by Gasteiger charge is -2.36. The van der Waals surface area contributed by atoms with E-state index in [2.05, 4.69) is 21.8 Å². The van der Waals surface area contributed by atoms with E-state index in [4.69, 9.17) is 16.3 Å². The number of hydrogen-bond acceptors (Lipinski definition) is 4. The second-order valence-electron chi connectivity index (χ2n) is 4.34. The molecular formula is C12H18ClN3O. The molecule has 17 heavy (non-hydrogen) atoms. The second kappa shape index (κ2) is 5.19. The van der Waals surface area contributed by atoms with Crippen LogP contribution in [0.3, 0.4) is 0 Å². The average Bonchev–Trinajstić information content (AvgIpc) is 2.34.